The van der Waals surface area contributed by atoms with Crippen LogP contribution >= 0.6 is 0 Å². The highest BCUT2D eigenvalue weighted by Gasteiger charge is 2.30. The zero-order valence-electron chi connectivity index (χ0n) is 9.18. The predicted molar refractivity (Wildman–Crippen MR) is 55.9 cm³/mol. The second-order valence-electron chi connectivity index (χ2n) is 4.08. The van der Waals surface area contributed by atoms with Gasteiger partial charge in [-0.1, -0.05) is 13.8 Å². The molecular weight excluding hydrogens is 162 g/mol. The van der Waals surface area contributed by atoms with Crippen LogP contribution in [-0.2, 0) is 4.74 Å². The standard InChI is InChI=1S/C11H23NO/c1-4-10(8-13-3)12-11(5-2)9-6-7-9/h9-12H,4-8H2,1-3H3. The molecule has 0 radical (unpaired) electrons. The van der Waals surface area contributed by atoms with Crippen molar-refractivity contribution >= 4 is 0 Å². The van der Waals surface area contributed by atoms with Crippen LogP contribution < -0.4 is 5.32 Å². The van der Waals surface area contributed by atoms with Crippen molar-refractivity contribution in [3.63, 3.8) is 0 Å². The fourth-order valence-corrected chi connectivity index (χ4v) is 1.87. The second kappa shape index (κ2) is 5.61. The molecule has 13 heavy (non-hydrogen) atoms. The molecule has 0 aromatic rings. The van der Waals surface area contributed by atoms with Gasteiger partial charge in [-0.15, -0.1) is 0 Å². The summed E-state index contributed by atoms with van der Waals surface area (Å²) in [5.74, 6) is 0.955. The van der Waals surface area contributed by atoms with E-state index < -0.39 is 0 Å². The van der Waals surface area contributed by atoms with Crippen molar-refractivity contribution < 1.29 is 4.74 Å². The van der Waals surface area contributed by atoms with Gasteiger partial charge in [-0.05, 0) is 31.6 Å². The molecule has 2 nitrogen and oxygen atoms in total. The molecule has 0 aromatic heterocycles. The Morgan fingerprint density at radius 2 is 2.00 bits per heavy atom. The number of methoxy groups -OCH3 is 1. The Bertz CT molecular complexity index is 134. The molecular formula is C11H23NO. The minimum atomic E-state index is 0.551. The molecule has 1 rings (SSSR count). The topological polar surface area (TPSA) is 21.3 Å². The molecule has 0 aromatic carbocycles. The molecule has 1 fully saturated rings. The first kappa shape index (κ1) is 11.0. The molecule has 0 heterocycles. The van der Waals surface area contributed by atoms with Crippen LogP contribution in [0.2, 0.25) is 0 Å². The lowest BCUT2D eigenvalue weighted by atomic mass is 10.1. The van der Waals surface area contributed by atoms with E-state index in [1.807, 2.05) is 0 Å². The van der Waals surface area contributed by atoms with Crippen molar-refractivity contribution in [3.05, 3.63) is 0 Å². The number of ether oxygens (including phenoxy) is 1. The first-order valence-corrected chi connectivity index (χ1v) is 5.56. The quantitative estimate of drug-likeness (QED) is 0.656. The largest absolute Gasteiger partial charge is 0.383 e. The summed E-state index contributed by atoms with van der Waals surface area (Å²) < 4.78 is 5.18. The van der Waals surface area contributed by atoms with Crippen molar-refractivity contribution in [1.29, 1.82) is 0 Å². The van der Waals surface area contributed by atoms with Crippen molar-refractivity contribution in [3.8, 4) is 0 Å². The van der Waals surface area contributed by atoms with Gasteiger partial charge in [0.2, 0.25) is 0 Å². The van der Waals surface area contributed by atoms with E-state index in [0.717, 1.165) is 25.0 Å². The van der Waals surface area contributed by atoms with E-state index in [4.69, 9.17) is 4.74 Å². The lowest BCUT2D eigenvalue weighted by Gasteiger charge is -2.23. The lowest BCUT2D eigenvalue weighted by molar-refractivity contribution is 0.155. The lowest BCUT2D eigenvalue weighted by Crippen LogP contribution is -2.41. The predicted octanol–water partition coefficient (Wildman–Crippen LogP) is 2.19. The maximum Gasteiger partial charge on any atom is 0.0615 e. The van der Waals surface area contributed by atoms with Gasteiger partial charge < -0.3 is 10.1 Å². The molecule has 2 atom stereocenters. The number of hydrogen-bond donors (Lipinski definition) is 1. The third-order valence-electron chi connectivity index (χ3n) is 2.94. The smallest absolute Gasteiger partial charge is 0.0615 e. The average Bonchev–Trinajstić information content (AvgIpc) is 2.95. The van der Waals surface area contributed by atoms with E-state index in [9.17, 15) is 0 Å². The zero-order valence-corrected chi connectivity index (χ0v) is 9.18. The molecule has 1 aliphatic carbocycles. The van der Waals surface area contributed by atoms with Crippen LogP contribution in [0.15, 0.2) is 0 Å². The normalized spacial score (nSPS) is 21.5. The SMILES string of the molecule is CCC(COC)NC(CC)C1CC1. The Morgan fingerprint density at radius 3 is 2.38 bits per heavy atom. The summed E-state index contributed by atoms with van der Waals surface area (Å²) in [5, 5.41) is 3.69. The highest BCUT2D eigenvalue weighted by molar-refractivity contribution is 4.87. The molecule has 2 unspecified atom stereocenters. The number of rotatable bonds is 7. The van der Waals surface area contributed by atoms with E-state index in [1.165, 1.54) is 19.3 Å². The fraction of sp³-hybridized carbons (Fsp3) is 1.00. The summed E-state index contributed by atoms with van der Waals surface area (Å²) in [6.07, 6.45) is 5.27. The molecule has 0 aliphatic heterocycles. The first-order valence-electron chi connectivity index (χ1n) is 5.56. The van der Waals surface area contributed by atoms with Gasteiger partial charge in [0.15, 0.2) is 0 Å². The van der Waals surface area contributed by atoms with Crippen LogP contribution in [-0.4, -0.2) is 25.8 Å². The summed E-state index contributed by atoms with van der Waals surface area (Å²) >= 11 is 0. The molecule has 0 saturated heterocycles. The van der Waals surface area contributed by atoms with Crippen molar-refractivity contribution in [2.75, 3.05) is 13.7 Å². The number of hydrogen-bond acceptors (Lipinski definition) is 2. The van der Waals surface area contributed by atoms with E-state index in [-0.39, 0.29) is 0 Å². The Kier molecular flexibility index (Phi) is 4.74. The van der Waals surface area contributed by atoms with Crippen LogP contribution in [0.5, 0.6) is 0 Å². The van der Waals surface area contributed by atoms with Crippen LogP contribution in [0.4, 0.5) is 0 Å². The minimum Gasteiger partial charge on any atom is -0.383 e. The van der Waals surface area contributed by atoms with Gasteiger partial charge in [0.05, 0.1) is 6.61 Å². The van der Waals surface area contributed by atoms with Gasteiger partial charge in [-0.2, -0.15) is 0 Å². The van der Waals surface area contributed by atoms with Crippen LogP contribution in [0.1, 0.15) is 39.5 Å². The average molecular weight is 185 g/mol. The molecule has 0 bridgehead atoms. The maximum absolute atomic E-state index is 5.18. The van der Waals surface area contributed by atoms with Crippen LogP contribution in [0.25, 0.3) is 0 Å². The number of nitrogens with one attached hydrogen (secondary N) is 1. The summed E-state index contributed by atoms with van der Waals surface area (Å²) in [6, 6.07) is 1.29. The van der Waals surface area contributed by atoms with Gasteiger partial charge in [-0.25, -0.2) is 0 Å². The highest BCUT2D eigenvalue weighted by atomic mass is 16.5. The minimum absolute atomic E-state index is 0.551. The van der Waals surface area contributed by atoms with Crippen LogP contribution in [0.3, 0.4) is 0 Å². The highest BCUT2D eigenvalue weighted by Crippen LogP contribution is 2.34. The van der Waals surface area contributed by atoms with E-state index in [2.05, 4.69) is 19.2 Å². The zero-order chi connectivity index (χ0) is 9.68. The van der Waals surface area contributed by atoms with Gasteiger partial charge in [-0.3, -0.25) is 0 Å². The molecule has 1 saturated carbocycles. The Labute approximate surface area is 82.0 Å². The summed E-state index contributed by atoms with van der Waals surface area (Å²) in [5.41, 5.74) is 0. The monoisotopic (exact) mass is 185 g/mol. The molecule has 2 heteroatoms. The van der Waals surface area contributed by atoms with Gasteiger partial charge in [0, 0.05) is 19.2 Å². The third-order valence-corrected chi connectivity index (χ3v) is 2.94. The Hall–Kier alpha value is -0.0800. The molecule has 0 spiro atoms. The van der Waals surface area contributed by atoms with Gasteiger partial charge in [0.25, 0.3) is 0 Å². The van der Waals surface area contributed by atoms with Crippen molar-refractivity contribution in [1.82, 2.24) is 5.32 Å². The maximum atomic E-state index is 5.18. The molecule has 1 N–H and O–H groups in total. The van der Waals surface area contributed by atoms with E-state index >= 15 is 0 Å². The van der Waals surface area contributed by atoms with Crippen molar-refractivity contribution in [2.45, 2.75) is 51.6 Å². The molecule has 0 amide bonds. The third kappa shape index (κ3) is 3.65. The van der Waals surface area contributed by atoms with Crippen LogP contribution in [0, 0.1) is 5.92 Å². The Morgan fingerprint density at radius 1 is 1.31 bits per heavy atom. The molecule has 1 aliphatic rings. The van der Waals surface area contributed by atoms with Crippen molar-refractivity contribution in [2.24, 2.45) is 5.92 Å². The molecule has 78 valence electrons. The van der Waals surface area contributed by atoms with E-state index in [1.54, 1.807) is 7.11 Å². The summed E-state index contributed by atoms with van der Waals surface area (Å²) in [7, 11) is 1.78. The first-order chi connectivity index (χ1) is 6.31. The van der Waals surface area contributed by atoms with Gasteiger partial charge in [0.1, 0.15) is 0 Å². The fourth-order valence-electron chi connectivity index (χ4n) is 1.87. The summed E-state index contributed by atoms with van der Waals surface area (Å²) in [6.45, 7) is 5.34. The summed E-state index contributed by atoms with van der Waals surface area (Å²) in [4.78, 5) is 0. The second-order valence-corrected chi connectivity index (χ2v) is 4.08. The van der Waals surface area contributed by atoms with E-state index in [0.29, 0.717) is 6.04 Å². The van der Waals surface area contributed by atoms with Gasteiger partial charge >= 0.3 is 0 Å². The Balaban J connectivity index is 2.24.